The number of ether oxygens (including phenoxy) is 2. The minimum absolute atomic E-state index is 0.246. The fourth-order valence-electron chi connectivity index (χ4n) is 1.43. The third-order valence-electron chi connectivity index (χ3n) is 2.08. The highest BCUT2D eigenvalue weighted by Gasteiger charge is 2.32. The van der Waals surface area contributed by atoms with E-state index in [4.69, 9.17) is 15.2 Å². The second-order valence-corrected chi connectivity index (χ2v) is 4.62. The molecule has 1 fully saturated rings. The van der Waals surface area contributed by atoms with Gasteiger partial charge >= 0.3 is 5.97 Å². The van der Waals surface area contributed by atoms with Crippen molar-refractivity contribution in [3.05, 3.63) is 0 Å². The van der Waals surface area contributed by atoms with E-state index < -0.39 is 11.8 Å². The Kier molecular flexibility index (Phi) is 3.50. The maximum absolute atomic E-state index is 11.6. The van der Waals surface area contributed by atoms with E-state index in [0.29, 0.717) is 6.61 Å². The molecule has 1 heterocycles. The first kappa shape index (κ1) is 11.5. The average Bonchev–Trinajstić information content (AvgIpc) is 2.01. The summed E-state index contributed by atoms with van der Waals surface area (Å²) in [6.07, 6.45) is 1.13. The van der Waals surface area contributed by atoms with Gasteiger partial charge in [-0.15, -0.1) is 0 Å². The molecule has 0 aliphatic carbocycles. The molecule has 14 heavy (non-hydrogen) atoms. The van der Waals surface area contributed by atoms with Crippen molar-refractivity contribution in [2.24, 2.45) is 11.7 Å². The highest BCUT2D eigenvalue weighted by Crippen LogP contribution is 2.21. The second kappa shape index (κ2) is 4.28. The molecule has 2 atom stereocenters. The molecular weight excluding hydrogens is 182 g/mol. The van der Waals surface area contributed by atoms with Crippen LogP contribution in [-0.2, 0) is 14.3 Å². The van der Waals surface area contributed by atoms with Crippen LogP contribution in [0.2, 0.25) is 0 Å². The van der Waals surface area contributed by atoms with E-state index >= 15 is 0 Å². The number of esters is 1. The van der Waals surface area contributed by atoms with Crippen molar-refractivity contribution in [2.45, 2.75) is 45.4 Å². The van der Waals surface area contributed by atoms with E-state index in [2.05, 4.69) is 0 Å². The standard InChI is InChI=1S/C10H19NO3/c1-10(2,3)14-9(12)7-5-4-6-13-8(7)11/h7-8H,4-6,11H2,1-3H3. The first-order valence-corrected chi connectivity index (χ1v) is 5.00. The summed E-state index contributed by atoms with van der Waals surface area (Å²) in [5.41, 5.74) is 5.23. The minimum Gasteiger partial charge on any atom is -0.460 e. The summed E-state index contributed by atoms with van der Waals surface area (Å²) >= 11 is 0. The zero-order chi connectivity index (χ0) is 10.8. The molecule has 0 amide bonds. The van der Waals surface area contributed by atoms with Crippen LogP contribution < -0.4 is 5.73 Å². The molecule has 4 heteroatoms. The number of carbonyl (C=O) groups excluding carboxylic acids is 1. The van der Waals surface area contributed by atoms with Crippen molar-refractivity contribution in [3.8, 4) is 0 Å². The molecule has 0 saturated carbocycles. The summed E-state index contributed by atoms with van der Waals surface area (Å²) < 4.78 is 10.5. The molecular formula is C10H19NO3. The van der Waals surface area contributed by atoms with Gasteiger partial charge in [-0.2, -0.15) is 0 Å². The molecule has 1 rings (SSSR count). The van der Waals surface area contributed by atoms with Crippen molar-refractivity contribution in [2.75, 3.05) is 6.61 Å². The normalized spacial score (nSPS) is 28.6. The predicted octanol–water partition coefficient (Wildman–Crippen LogP) is 1.04. The highest BCUT2D eigenvalue weighted by atomic mass is 16.6. The smallest absolute Gasteiger partial charge is 0.313 e. The molecule has 2 N–H and O–H groups in total. The molecule has 2 unspecified atom stereocenters. The first-order valence-electron chi connectivity index (χ1n) is 5.00. The topological polar surface area (TPSA) is 61.5 Å². The Morgan fingerprint density at radius 2 is 2.14 bits per heavy atom. The van der Waals surface area contributed by atoms with E-state index in [1.165, 1.54) is 0 Å². The molecule has 0 aromatic heterocycles. The maximum atomic E-state index is 11.6. The van der Waals surface area contributed by atoms with Gasteiger partial charge in [0, 0.05) is 6.61 Å². The third-order valence-corrected chi connectivity index (χ3v) is 2.08. The fraction of sp³-hybridized carbons (Fsp3) is 0.900. The van der Waals surface area contributed by atoms with Crippen LogP contribution in [0.5, 0.6) is 0 Å². The molecule has 82 valence electrons. The number of nitrogens with two attached hydrogens (primary N) is 1. The average molecular weight is 201 g/mol. The largest absolute Gasteiger partial charge is 0.460 e. The van der Waals surface area contributed by atoms with E-state index in [9.17, 15) is 4.79 Å². The Bertz CT molecular complexity index is 210. The van der Waals surface area contributed by atoms with Crippen molar-refractivity contribution < 1.29 is 14.3 Å². The number of hydrogen-bond acceptors (Lipinski definition) is 4. The summed E-state index contributed by atoms with van der Waals surface area (Å²) in [4.78, 5) is 11.6. The molecule has 0 aromatic carbocycles. The van der Waals surface area contributed by atoms with Crippen molar-refractivity contribution in [3.63, 3.8) is 0 Å². The monoisotopic (exact) mass is 201 g/mol. The SMILES string of the molecule is CC(C)(C)OC(=O)C1CCCOC1N. The van der Waals surface area contributed by atoms with Gasteiger partial charge in [0.2, 0.25) is 0 Å². The van der Waals surface area contributed by atoms with Gasteiger partial charge in [0.1, 0.15) is 11.8 Å². The minimum atomic E-state index is -0.501. The second-order valence-electron chi connectivity index (χ2n) is 4.62. The lowest BCUT2D eigenvalue weighted by Gasteiger charge is -2.30. The van der Waals surface area contributed by atoms with Crippen LogP contribution in [0.3, 0.4) is 0 Å². The Labute approximate surface area is 84.7 Å². The van der Waals surface area contributed by atoms with Crippen molar-refractivity contribution in [1.29, 1.82) is 0 Å². The van der Waals surface area contributed by atoms with E-state index in [-0.39, 0.29) is 11.9 Å². The summed E-state index contributed by atoms with van der Waals surface area (Å²) in [5.74, 6) is -0.548. The predicted molar refractivity (Wildman–Crippen MR) is 52.5 cm³/mol. The number of carbonyl (C=O) groups is 1. The number of hydrogen-bond donors (Lipinski definition) is 1. The van der Waals surface area contributed by atoms with E-state index in [1.807, 2.05) is 20.8 Å². The molecule has 0 aromatic rings. The molecule has 0 bridgehead atoms. The zero-order valence-electron chi connectivity index (χ0n) is 9.08. The Balaban J connectivity index is 2.50. The van der Waals surface area contributed by atoms with Gasteiger partial charge in [0.15, 0.2) is 0 Å². The van der Waals surface area contributed by atoms with Crippen LogP contribution in [0.4, 0.5) is 0 Å². The molecule has 1 saturated heterocycles. The summed E-state index contributed by atoms with van der Waals surface area (Å²) in [7, 11) is 0. The Morgan fingerprint density at radius 3 is 2.64 bits per heavy atom. The van der Waals surface area contributed by atoms with Gasteiger partial charge in [0.25, 0.3) is 0 Å². The van der Waals surface area contributed by atoms with Gasteiger partial charge in [0.05, 0.1) is 5.92 Å². The van der Waals surface area contributed by atoms with Gasteiger partial charge < -0.3 is 15.2 Å². The molecule has 0 spiro atoms. The lowest BCUT2D eigenvalue weighted by molar-refractivity contribution is -0.169. The molecule has 0 radical (unpaired) electrons. The first-order chi connectivity index (χ1) is 6.40. The van der Waals surface area contributed by atoms with Crippen LogP contribution in [0.25, 0.3) is 0 Å². The lowest BCUT2D eigenvalue weighted by atomic mass is 9.99. The van der Waals surface area contributed by atoms with Gasteiger partial charge in [-0.3, -0.25) is 4.79 Å². The van der Waals surface area contributed by atoms with Crippen molar-refractivity contribution in [1.82, 2.24) is 0 Å². The number of rotatable bonds is 1. The lowest BCUT2D eigenvalue weighted by Crippen LogP contribution is -2.43. The van der Waals surface area contributed by atoms with Crippen LogP contribution in [0.15, 0.2) is 0 Å². The molecule has 1 aliphatic rings. The fourth-order valence-corrected chi connectivity index (χ4v) is 1.43. The maximum Gasteiger partial charge on any atom is 0.313 e. The quantitative estimate of drug-likeness (QED) is 0.644. The highest BCUT2D eigenvalue weighted by molar-refractivity contribution is 5.73. The van der Waals surface area contributed by atoms with Crippen molar-refractivity contribution >= 4 is 5.97 Å². The molecule has 1 aliphatic heterocycles. The zero-order valence-corrected chi connectivity index (χ0v) is 9.08. The Hall–Kier alpha value is -0.610. The van der Waals surface area contributed by atoms with Crippen LogP contribution >= 0.6 is 0 Å². The van der Waals surface area contributed by atoms with Crippen LogP contribution in [0, 0.1) is 5.92 Å². The summed E-state index contributed by atoms with van der Waals surface area (Å²) in [6, 6.07) is 0. The van der Waals surface area contributed by atoms with E-state index in [0.717, 1.165) is 12.8 Å². The molecule has 4 nitrogen and oxygen atoms in total. The summed E-state index contributed by atoms with van der Waals surface area (Å²) in [6.45, 7) is 6.18. The summed E-state index contributed by atoms with van der Waals surface area (Å²) in [5, 5.41) is 0. The van der Waals surface area contributed by atoms with Gasteiger partial charge in [-0.25, -0.2) is 0 Å². The van der Waals surface area contributed by atoms with Crippen LogP contribution in [-0.4, -0.2) is 24.4 Å². The van der Waals surface area contributed by atoms with E-state index in [1.54, 1.807) is 0 Å². The third kappa shape index (κ3) is 3.27. The van der Waals surface area contributed by atoms with Gasteiger partial charge in [-0.05, 0) is 33.6 Å². The Morgan fingerprint density at radius 1 is 1.50 bits per heavy atom. The van der Waals surface area contributed by atoms with Gasteiger partial charge in [-0.1, -0.05) is 0 Å². The van der Waals surface area contributed by atoms with Crippen LogP contribution in [0.1, 0.15) is 33.6 Å².